The summed E-state index contributed by atoms with van der Waals surface area (Å²) >= 11 is 1.45. The van der Waals surface area contributed by atoms with Crippen LogP contribution in [-0.2, 0) is 11.8 Å². The molecule has 3 aromatic rings. The Balaban J connectivity index is 1.37. The van der Waals surface area contributed by atoms with Crippen LogP contribution in [0.2, 0.25) is 0 Å². The molecule has 3 heterocycles. The van der Waals surface area contributed by atoms with Gasteiger partial charge in [-0.25, -0.2) is 9.67 Å². The van der Waals surface area contributed by atoms with Crippen LogP contribution in [0.3, 0.4) is 0 Å². The summed E-state index contributed by atoms with van der Waals surface area (Å²) in [6, 6.07) is 9.00. The number of anilines is 2. The summed E-state index contributed by atoms with van der Waals surface area (Å²) < 4.78 is 7.84. The SMILES string of the molecule is CCOc1ccc2nc(NC(=O)C3CCN(c4ccc(=O)n(C)n4)CC3)sc2c1. The van der Waals surface area contributed by atoms with Gasteiger partial charge in [0.1, 0.15) is 11.6 Å². The number of fused-ring (bicyclic) bond motifs is 1. The van der Waals surface area contributed by atoms with Crippen molar-refractivity contribution in [3.8, 4) is 5.75 Å². The Hall–Kier alpha value is -2.94. The molecule has 4 rings (SSSR count). The smallest absolute Gasteiger partial charge is 0.266 e. The first-order chi connectivity index (χ1) is 14.0. The highest BCUT2D eigenvalue weighted by atomic mass is 32.1. The van der Waals surface area contributed by atoms with Gasteiger partial charge in [-0.05, 0) is 44.0 Å². The molecule has 1 aliphatic rings. The van der Waals surface area contributed by atoms with Gasteiger partial charge < -0.3 is 15.0 Å². The van der Waals surface area contributed by atoms with E-state index in [1.807, 2.05) is 25.1 Å². The average Bonchev–Trinajstić information content (AvgIpc) is 3.12. The lowest BCUT2D eigenvalue weighted by Gasteiger charge is -2.31. The number of aromatic nitrogens is 3. The zero-order valence-corrected chi connectivity index (χ0v) is 17.2. The number of carbonyl (C=O) groups excluding carboxylic acids is 1. The second-order valence-electron chi connectivity index (χ2n) is 6.99. The fourth-order valence-electron chi connectivity index (χ4n) is 3.45. The van der Waals surface area contributed by atoms with Crippen LogP contribution in [0.25, 0.3) is 10.2 Å². The summed E-state index contributed by atoms with van der Waals surface area (Å²) in [6.45, 7) is 4.01. The number of nitrogens with zero attached hydrogens (tertiary/aromatic N) is 4. The van der Waals surface area contributed by atoms with E-state index in [2.05, 4.69) is 20.3 Å². The van der Waals surface area contributed by atoms with Crippen LogP contribution < -0.4 is 20.5 Å². The van der Waals surface area contributed by atoms with Crippen molar-refractivity contribution in [1.29, 1.82) is 0 Å². The van der Waals surface area contributed by atoms with Crippen molar-refractivity contribution < 1.29 is 9.53 Å². The first-order valence-corrected chi connectivity index (χ1v) is 10.5. The maximum absolute atomic E-state index is 12.7. The third kappa shape index (κ3) is 4.24. The minimum Gasteiger partial charge on any atom is -0.494 e. The van der Waals surface area contributed by atoms with Gasteiger partial charge >= 0.3 is 0 Å². The Morgan fingerprint density at radius 2 is 2.07 bits per heavy atom. The third-order valence-electron chi connectivity index (χ3n) is 5.04. The lowest BCUT2D eigenvalue weighted by atomic mass is 9.96. The largest absolute Gasteiger partial charge is 0.494 e. The van der Waals surface area contributed by atoms with Gasteiger partial charge in [0.2, 0.25) is 5.91 Å². The molecule has 0 atom stereocenters. The maximum atomic E-state index is 12.7. The van der Waals surface area contributed by atoms with E-state index in [1.165, 1.54) is 22.1 Å². The van der Waals surface area contributed by atoms with Crippen molar-refractivity contribution in [2.24, 2.45) is 13.0 Å². The molecule has 0 aliphatic carbocycles. The number of aryl methyl sites for hydroxylation is 1. The van der Waals surface area contributed by atoms with Crippen LogP contribution in [-0.4, -0.2) is 40.4 Å². The Bertz CT molecular complexity index is 1090. The number of thiazole rings is 1. The monoisotopic (exact) mass is 413 g/mol. The number of rotatable bonds is 5. The Kier molecular flexibility index (Phi) is 5.48. The van der Waals surface area contributed by atoms with Gasteiger partial charge in [-0.15, -0.1) is 0 Å². The first kappa shape index (κ1) is 19.4. The minimum absolute atomic E-state index is 0.00200. The highest BCUT2D eigenvalue weighted by Gasteiger charge is 2.26. The molecule has 29 heavy (non-hydrogen) atoms. The van der Waals surface area contributed by atoms with Gasteiger partial charge in [0.05, 0.1) is 16.8 Å². The molecule has 0 bridgehead atoms. The molecule has 0 unspecified atom stereocenters. The van der Waals surface area contributed by atoms with Gasteiger partial charge in [0.25, 0.3) is 5.56 Å². The predicted octanol–water partition coefficient (Wildman–Crippen LogP) is 2.64. The van der Waals surface area contributed by atoms with E-state index in [-0.39, 0.29) is 17.4 Å². The Morgan fingerprint density at radius 3 is 2.79 bits per heavy atom. The van der Waals surface area contributed by atoms with Crippen LogP contribution >= 0.6 is 11.3 Å². The molecule has 1 fully saturated rings. The molecule has 0 spiro atoms. The lowest BCUT2D eigenvalue weighted by molar-refractivity contribution is -0.120. The standard InChI is InChI=1S/C20H23N5O3S/c1-3-28-14-4-5-15-16(12-14)29-20(21-15)22-19(27)13-8-10-25(11-9-13)17-6-7-18(26)24(2)23-17/h4-7,12-13H,3,8-11H2,1-2H3,(H,21,22,27). The number of piperidine rings is 1. The van der Waals surface area contributed by atoms with E-state index in [9.17, 15) is 9.59 Å². The highest BCUT2D eigenvalue weighted by Crippen LogP contribution is 2.30. The summed E-state index contributed by atoms with van der Waals surface area (Å²) in [4.78, 5) is 30.8. The zero-order chi connectivity index (χ0) is 20.4. The molecule has 1 N–H and O–H groups in total. The predicted molar refractivity (Wildman–Crippen MR) is 114 cm³/mol. The van der Waals surface area contributed by atoms with E-state index in [1.54, 1.807) is 13.1 Å². The molecular weight excluding hydrogens is 390 g/mol. The summed E-state index contributed by atoms with van der Waals surface area (Å²) in [5, 5.41) is 7.87. The fourth-order valence-corrected chi connectivity index (χ4v) is 4.35. The Morgan fingerprint density at radius 1 is 1.28 bits per heavy atom. The molecule has 1 aliphatic heterocycles. The first-order valence-electron chi connectivity index (χ1n) is 9.67. The molecule has 0 radical (unpaired) electrons. The molecular formula is C20H23N5O3S. The van der Waals surface area contributed by atoms with Gasteiger partial charge in [0.15, 0.2) is 5.13 Å². The molecule has 2 aromatic heterocycles. The molecule has 152 valence electrons. The molecule has 8 nitrogen and oxygen atoms in total. The van der Waals surface area contributed by atoms with Crippen molar-refractivity contribution in [1.82, 2.24) is 14.8 Å². The van der Waals surface area contributed by atoms with Gasteiger partial charge in [-0.3, -0.25) is 9.59 Å². The van der Waals surface area contributed by atoms with Gasteiger partial charge in [-0.1, -0.05) is 11.3 Å². The minimum atomic E-state index is -0.132. The molecule has 1 aromatic carbocycles. The van der Waals surface area contributed by atoms with Crippen LogP contribution in [0, 0.1) is 5.92 Å². The van der Waals surface area contributed by atoms with Gasteiger partial charge in [0, 0.05) is 32.1 Å². The Labute approximate surface area is 172 Å². The topological polar surface area (TPSA) is 89.4 Å². The number of carbonyl (C=O) groups is 1. The average molecular weight is 414 g/mol. The van der Waals surface area contributed by atoms with E-state index < -0.39 is 0 Å². The quantitative estimate of drug-likeness (QED) is 0.692. The molecule has 1 saturated heterocycles. The van der Waals surface area contributed by atoms with Crippen LogP contribution in [0.5, 0.6) is 5.75 Å². The molecule has 9 heteroatoms. The second-order valence-corrected chi connectivity index (χ2v) is 8.02. The second kappa shape index (κ2) is 8.20. The third-order valence-corrected chi connectivity index (χ3v) is 5.97. The zero-order valence-electron chi connectivity index (χ0n) is 16.4. The van der Waals surface area contributed by atoms with E-state index in [4.69, 9.17) is 4.74 Å². The lowest BCUT2D eigenvalue weighted by Crippen LogP contribution is -2.39. The van der Waals surface area contributed by atoms with Crippen molar-refractivity contribution in [2.75, 3.05) is 29.9 Å². The van der Waals surface area contributed by atoms with Crippen molar-refractivity contribution in [3.63, 3.8) is 0 Å². The molecule has 0 saturated carbocycles. The van der Waals surface area contributed by atoms with E-state index in [0.29, 0.717) is 11.7 Å². The fraction of sp³-hybridized carbons (Fsp3) is 0.400. The summed E-state index contributed by atoms with van der Waals surface area (Å²) in [5.74, 6) is 1.51. The van der Waals surface area contributed by atoms with Gasteiger partial charge in [-0.2, -0.15) is 5.10 Å². The summed E-state index contributed by atoms with van der Waals surface area (Å²) in [5.41, 5.74) is 0.719. The number of nitrogens with one attached hydrogen (secondary N) is 1. The van der Waals surface area contributed by atoms with Crippen LogP contribution in [0.4, 0.5) is 10.9 Å². The number of benzene rings is 1. The normalized spacial score (nSPS) is 14.9. The van der Waals surface area contributed by atoms with E-state index in [0.717, 1.165) is 47.7 Å². The summed E-state index contributed by atoms with van der Waals surface area (Å²) in [7, 11) is 1.64. The number of amides is 1. The highest BCUT2D eigenvalue weighted by molar-refractivity contribution is 7.22. The summed E-state index contributed by atoms with van der Waals surface area (Å²) in [6.07, 6.45) is 1.46. The number of hydrogen-bond acceptors (Lipinski definition) is 7. The number of ether oxygens (including phenoxy) is 1. The van der Waals surface area contributed by atoms with Crippen LogP contribution in [0.1, 0.15) is 19.8 Å². The maximum Gasteiger partial charge on any atom is 0.266 e. The number of hydrogen-bond donors (Lipinski definition) is 1. The van der Waals surface area contributed by atoms with E-state index >= 15 is 0 Å². The van der Waals surface area contributed by atoms with Crippen LogP contribution in [0.15, 0.2) is 35.1 Å². The molecule has 1 amide bonds. The van der Waals surface area contributed by atoms with Crippen molar-refractivity contribution >= 4 is 38.4 Å². The van der Waals surface area contributed by atoms with Crippen molar-refractivity contribution in [3.05, 3.63) is 40.7 Å². The van der Waals surface area contributed by atoms with Crippen molar-refractivity contribution in [2.45, 2.75) is 19.8 Å².